The highest BCUT2D eigenvalue weighted by atomic mass is 35.5. The molecule has 2 aromatic carbocycles. The second kappa shape index (κ2) is 12.2. The maximum Gasteiger partial charge on any atom is 0.166 e. The van der Waals surface area contributed by atoms with Gasteiger partial charge in [-0.25, -0.2) is 0 Å². The monoisotopic (exact) mass is 482 g/mol. The van der Waals surface area contributed by atoms with Crippen LogP contribution in [0.15, 0.2) is 30.3 Å². The number of Topliss-reactive ketones (excluding diaryl/α,β-unsaturated/α-hetero) is 2. The zero-order chi connectivity index (χ0) is 25.6. The number of nitrogen functional groups attached to an aromatic ring is 2. The molecule has 0 fully saturated rings. The average molecular weight is 483 g/mol. The molecule has 0 heterocycles. The Bertz CT molecular complexity index is 1140. The lowest BCUT2D eigenvalue weighted by atomic mass is 9.86. The second-order valence-corrected chi connectivity index (χ2v) is 9.85. The minimum Gasteiger partial charge on any atom is -0.398 e. The van der Waals surface area contributed by atoms with Crippen LogP contribution >= 0.6 is 11.6 Å². The molecule has 182 valence electrons. The molecule has 7 heteroatoms. The fourth-order valence-electron chi connectivity index (χ4n) is 2.98. The number of carbonyl (C=O) groups excluding carboxylic acids is 2. The van der Waals surface area contributed by atoms with Crippen LogP contribution in [0.4, 0.5) is 11.4 Å². The van der Waals surface area contributed by atoms with Crippen molar-refractivity contribution in [1.29, 1.82) is 10.5 Å². The van der Waals surface area contributed by atoms with Crippen molar-refractivity contribution in [3.63, 3.8) is 0 Å². The smallest absolute Gasteiger partial charge is 0.166 e. The van der Waals surface area contributed by atoms with Crippen molar-refractivity contribution in [2.45, 2.75) is 61.8 Å². The van der Waals surface area contributed by atoms with E-state index in [0.29, 0.717) is 27.5 Å². The summed E-state index contributed by atoms with van der Waals surface area (Å²) in [5, 5.41) is 18.3. The molecule has 2 rings (SSSR count). The maximum absolute atomic E-state index is 12.1. The fraction of sp³-hybridized carbons (Fsp3) is 0.407. The van der Waals surface area contributed by atoms with E-state index in [1.165, 1.54) is 0 Å². The molecule has 0 aliphatic carbocycles. The van der Waals surface area contributed by atoms with Gasteiger partial charge in [0.15, 0.2) is 11.6 Å². The number of ketones is 2. The molecule has 0 aliphatic rings. The van der Waals surface area contributed by atoms with Crippen molar-refractivity contribution in [3.8, 4) is 12.1 Å². The third kappa shape index (κ3) is 8.54. The Kier molecular flexibility index (Phi) is 11.0. The number of carbonyl (C=O) groups is 2. The van der Waals surface area contributed by atoms with Crippen LogP contribution in [0.25, 0.3) is 0 Å². The predicted octanol–water partition coefficient (Wildman–Crippen LogP) is 6.69. The summed E-state index contributed by atoms with van der Waals surface area (Å²) in [5.41, 5.74) is 13.9. The topological polar surface area (TPSA) is 134 Å². The van der Waals surface area contributed by atoms with E-state index in [1.807, 2.05) is 13.0 Å². The normalized spacial score (nSPS) is 10.6. The van der Waals surface area contributed by atoms with Crippen molar-refractivity contribution in [2.24, 2.45) is 10.8 Å². The summed E-state index contributed by atoms with van der Waals surface area (Å²) < 4.78 is 0. The Hall–Kier alpha value is -3.35. The summed E-state index contributed by atoms with van der Waals surface area (Å²) in [7, 11) is 0. The number of benzene rings is 2. The van der Waals surface area contributed by atoms with E-state index in [1.54, 1.807) is 58.9 Å². The Morgan fingerprint density at radius 2 is 1.29 bits per heavy atom. The molecule has 6 nitrogen and oxygen atoms in total. The molecule has 0 spiro atoms. The minimum absolute atomic E-state index is 0. The molecule has 0 atom stereocenters. The van der Waals surface area contributed by atoms with Crippen LogP contribution in [-0.2, 0) is 0 Å². The minimum atomic E-state index is -0.695. The molecule has 0 unspecified atom stereocenters. The molecule has 0 bridgehead atoms. The van der Waals surface area contributed by atoms with Crippen LogP contribution in [0.5, 0.6) is 0 Å². The molecule has 0 aromatic heterocycles. The standard InChI is InChI=1S/C13H15ClN2O.C13H16N2O.CH4/c1-8-4-9(14)5-10(12(8)16)11(17)6-13(2,3)7-15;1-9-5-4-6-10(12(9)15)11(16)7-13(2,3)8-14;/h4-5H,6,16H2,1-3H3;4-6H,7,15H2,1-3H3;1H4. The van der Waals surface area contributed by atoms with Crippen molar-refractivity contribution >= 4 is 34.5 Å². The first-order valence-electron chi connectivity index (χ1n) is 10.4. The summed E-state index contributed by atoms with van der Waals surface area (Å²) in [6, 6.07) is 12.9. The summed E-state index contributed by atoms with van der Waals surface area (Å²) in [6.45, 7) is 10.6. The summed E-state index contributed by atoms with van der Waals surface area (Å²) >= 11 is 5.90. The van der Waals surface area contributed by atoms with Gasteiger partial charge in [0.2, 0.25) is 0 Å². The van der Waals surface area contributed by atoms with Gasteiger partial charge >= 0.3 is 0 Å². The molecule has 2 aromatic rings. The van der Waals surface area contributed by atoms with E-state index in [2.05, 4.69) is 12.1 Å². The quantitative estimate of drug-likeness (QED) is 0.348. The number of para-hydroxylation sites is 1. The zero-order valence-electron chi connectivity index (χ0n) is 20.0. The van der Waals surface area contributed by atoms with Gasteiger partial charge in [0.05, 0.1) is 23.0 Å². The van der Waals surface area contributed by atoms with Crippen molar-refractivity contribution < 1.29 is 9.59 Å². The van der Waals surface area contributed by atoms with Gasteiger partial charge in [-0.2, -0.15) is 10.5 Å². The van der Waals surface area contributed by atoms with Crippen molar-refractivity contribution in [1.82, 2.24) is 0 Å². The van der Waals surface area contributed by atoms with Gasteiger partial charge in [-0.3, -0.25) is 9.59 Å². The number of nitriles is 2. The summed E-state index contributed by atoms with van der Waals surface area (Å²) in [4.78, 5) is 24.0. The third-order valence-corrected chi connectivity index (χ3v) is 5.31. The van der Waals surface area contributed by atoms with Crippen LogP contribution < -0.4 is 11.5 Å². The Balaban J connectivity index is 0.000000623. The lowest BCUT2D eigenvalue weighted by molar-refractivity contribution is 0.0944. The highest BCUT2D eigenvalue weighted by Gasteiger charge is 2.24. The lowest BCUT2D eigenvalue weighted by Gasteiger charge is -2.15. The lowest BCUT2D eigenvalue weighted by Crippen LogP contribution is -2.16. The van der Waals surface area contributed by atoms with E-state index in [9.17, 15) is 9.59 Å². The molecular formula is C27H35ClN4O2. The highest BCUT2D eigenvalue weighted by Crippen LogP contribution is 2.28. The van der Waals surface area contributed by atoms with E-state index >= 15 is 0 Å². The summed E-state index contributed by atoms with van der Waals surface area (Å²) in [5.74, 6) is -0.229. The van der Waals surface area contributed by atoms with Gasteiger partial charge in [0, 0.05) is 40.4 Å². The molecule has 0 aliphatic heterocycles. The zero-order valence-corrected chi connectivity index (χ0v) is 20.8. The number of aryl methyl sites for hydroxylation is 2. The number of nitrogens with two attached hydrogens (primary N) is 2. The van der Waals surface area contributed by atoms with Crippen LogP contribution in [0, 0.1) is 47.3 Å². The van der Waals surface area contributed by atoms with E-state index < -0.39 is 10.8 Å². The molecule has 0 saturated carbocycles. The van der Waals surface area contributed by atoms with Gasteiger partial charge in [-0.1, -0.05) is 31.2 Å². The Morgan fingerprint density at radius 1 is 0.853 bits per heavy atom. The number of anilines is 2. The van der Waals surface area contributed by atoms with E-state index in [4.69, 9.17) is 33.6 Å². The Labute approximate surface area is 208 Å². The average Bonchev–Trinajstić information content (AvgIpc) is 2.72. The molecule has 0 saturated heterocycles. The number of hydrogen-bond acceptors (Lipinski definition) is 6. The fourth-order valence-corrected chi connectivity index (χ4v) is 3.25. The van der Waals surface area contributed by atoms with Gasteiger partial charge < -0.3 is 11.5 Å². The molecule has 0 radical (unpaired) electrons. The first kappa shape index (κ1) is 30.6. The first-order valence-corrected chi connectivity index (χ1v) is 10.8. The van der Waals surface area contributed by atoms with Crippen LogP contribution in [-0.4, -0.2) is 11.6 Å². The first-order chi connectivity index (χ1) is 15.1. The highest BCUT2D eigenvalue weighted by molar-refractivity contribution is 6.31. The van der Waals surface area contributed by atoms with Crippen molar-refractivity contribution in [3.05, 3.63) is 57.6 Å². The number of rotatable bonds is 6. The number of nitrogens with zero attached hydrogens (tertiary/aromatic N) is 2. The number of halogens is 1. The van der Waals surface area contributed by atoms with E-state index in [0.717, 1.165) is 11.1 Å². The molecule has 34 heavy (non-hydrogen) atoms. The molecule has 0 amide bonds. The van der Waals surface area contributed by atoms with Gasteiger partial charge in [-0.15, -0.1) is 0 Å². The second-order valence-electron chi connectivity index (χ2n) is 9.41. The Morgan fingerprint density at radius 3 is 1.76 bits per heavy atom. The summed E-state index contributed by atoms with van der Waals surface area (Å²) in [6.07, 6.45) is 0.324. The maximum atomic E-state index is 12.1. The predicted molar refractivity (Wildman–Crippen MR) is 140 cm³/mol. The number of hydrogen-bond donors (Lipinski definition) is 2. The molecular weight excluding hydrogens is 448 g/mol. The van der Waals surface area contributed by atoms with Crippen molar-refractivity contribution in [2.75, 3.05) is 11.5 Å². The van der Waals surface area contributed by atoms with Crippen LogP contribution in [0.2, 0.25) is 5.02 Å². The van der Waals surface area contributed by atoms with E-state index in [-0.39, 0.29) is 31.8 Å². The molecule has 4 N–H and O–H groups in total. The van der Waals surface area contributed by atoms with Crippen LogP contribution in [0.1, 0.15) is 79.8 Å². The van der Waals surface area contributed by atoms with Gasteiger partial charge in [-0.05, 0) is 70.9 Å². The SMILES string of the molecule is C.Cc1cc(Cl)cc(C(=O)CC(C)(C)C#N)c1N.Cc1cccc(C(=O)CC(C)(C)C#N)c1N. The van der Waals surface area contributed by atoms with Gasteiger partial charge in [0.25, 0.3) is 0 Å². The third-order valence-electron chi connectivity index (χ3n) is 5.09. The van der Waals surface area contributed by atoms with Crippen LogP contribution in [0.3, 0.4) is 0 Å². The van der Waals surface area contributed by atoms with Gasteiger partial charge in [0.1, 0.15) is 0 Å². The largest absolute Gasteiger partial charge is 0.398 e.